The highest BCUT2D eigenvalue weighted by molar-refractivity contribution is 5.72. The topological polar surface area (TPSA) is 72.5 Å². The third kappa shape index (κ3) is 2.79. The SMILES string of the molecule is NC(CCC1CCOC1)C(=O)O. The van der Waals surface area contributed by atoms with Crippen molar-refractivity contribution >= 4 is 5.97 Å². The quantitative estimate of drug-likeness (QED) is 0.637. The fourth-order valence-electron chi connectivity index (χ4n) is 1.35. The number of ether oxygens (including phenoxy) is 1. The zero-order chi connectivity index (χ0) is 8.97. The second-order valence-electron chi connectivity index (χ2n) is 3.25. The van der Waals surface area contributed by atoms with Crippen molar-refractivity contribution in [1.82, 2.24) is 0 Å². The van der Waals surface area contributed by atoms with E-state index in [0.717, 1.165) is 26.1 Å². The zero-order valence-corrected chi connectivity index (χ0v) is 7.03. The van der Waals surface area contributed by atoms with Gasteiger partial charge in [0.05, 0.1) is 0 Å². The predicted molar refractivity (Wildman–Crippen MR) is 43.8 cm³/mol. The van der Waals surface area contributed by atoms with Crippen molar-refractivity contribution in [1.29, 1.82) is 0 Å². The van der Waals surface area contributed by atoms with Crippen LogP contribution in [0.1, 0.15) is 19.3 Å². The van der Waals surface area contributed by atoms with Crippen molar-refractivity contribution in [2.45, 2.75) is 25.3 Å². The molecule has 0 radical (unpaired) electrons. The first-order valence-corrected chi connectivity index (χ1v) is 4.26. The van der Waals surface area contributed by atoms with Crippen molar-refractivity contribution in [2.75, 3.05) is 13.2 Å². The molecular weight excluding hydrogens is 158 g/mol. The molecule has 70 valence electrons. The van der Waals surface area contributed by atoms with Gasteiger partial charge in [-0.3, -0.25) is 4.79 Å². The van der Waals surface area contributed by atoms with E-state index in [1.54, 1.807) is 0 Å². The summed E-state index contributed by atoms with van der Waals surface area (Å²) in [5.41, 5.74) is 5.35. The molecule has 0 spiro atoms. The first-order chi connectivity index (χ1) is 5.70. The van der Waals surface area contributed by atoms with E-state index in [2.05, 4.69) is 0 Å². The van der Waals surface area contributed by atoms with E-state index in [9.17, 15) is 4.79 Å². The van der Waals surface area contributed by atoms with Crippen LogP contribution in [0.2, 0.25) is 0 Å². The molecule has 1 aliphatic rings. The number of aliphatic carboxylic acids is 1. The second-order valence-corrected chi connectivity index (χ2v) is 3.25. The van der Waals surface area contributed by atoms with Crippen LogP contribution >= 0.6 is 0 Å². The molecule has 0 aliphatic carbocycles. The normalized spacial score (nSPS) is 25.6. The van der Waals surface area contributed by atoms with Crippen LogP contribution in [0.4, 0.5) is 0 Å². The summed E-state index contributed by atoms with van der Waals surface area (Å²) in [6, 6.07) is -0.703. The Hall–Kier alpha value is -0.610. The van der Waals surface area contributed by atoms with E-state index in [0.29, 0.717) is 12.3 Å². The van der Waals surface area contributed by atoms with Crippen LogP contribution in [-0.4, -0.2) is 30.3 Å². The fraction of sp³-hybridized carbons (Fsp3) is 0.875. The van der Waals surface area contributed by atoms with Gasteiger partial charge in [0, 0.05) is 13.2 Å². The third-order valence-corrected chi connectivity index (χ3v) is 2.23. The molecule has 1 rings (SSSR count). The minimum absolute atomic E-state index is 0.524. The molecule has 4 heteroatoms. The van der Waals surface area contributed by atoms with Gasteiger partial charge >= 0.3 is 5.97 Å². The number of hydrogen-bond donors (Lipinski definition) is 2. The summed E-state index contributed by atoms with van der Waals surface area (Å²) in [5, 5.41) is 8.50. The highest BCUT2D eigenvalue weighted by Crippen LogP contribution is 2.18. The van der Waals surface area contributed by atoms with Crippen LogP contribution in [0.15, 0.2) is 0 Å². The Balaban J connectivity index is 2.11. The van der Waals surface area contributed by atoms with Gasteiger partial charge in [-0.1, -0.05) is 0 Å². The van der Waals surface area contributed by atoms with Gasteiger partial charge in [0.15, 0.2) is 0 Å². The van der Waals surface area contributed by atoms with E-state index in [4.69, 9.17) is 15.6 Å². The van der Waals surface area contributed by atoms with Gasteiger partial charge in [-0.15, -0.1) is 0 Å². The average molecular weight is 173 g/mol. The molecule has 2 atom stereocenters. The lowest BCUT2D eigenvalue weighted by atomic mass is 10.00. The minimum Gasteiger partial charge on any atom is -0.480 e. The standard InChI is InChI=1S/C8H15NO3/c9-7(8(10)11)2-1-6-3-4-12-5-6/h6-7H,1-5,9H2,(H,10,11). The Bertz CT molecular complexity index is 154. The van der Waals surface area contributed by atoms with Gasteiger partial charge in [-0.2, -0.15) is 0 Å². The lowest BCUT2D eigenvalue weighted by molar-refractivity contribution is -0.138. The molecule has 0 aromatic carbocycles. The summed E-state index contributed by atoms with van der Waals surface area (Å²) in [4.78, 5) is 10.3. The second kappa shape index (κ2) is 4.42. The molecule has 0 aromatic heterocycles. The van der Waals surface area contributed by atoms with Crippen molar-refractivity contribution in [3.63, 3.8) is 0 Å². The van der Waals surface area contributed by atoms with Crippen LogP contribution in [0.5, 0.6) is 0 Å². The maximum atomic E-state index is 10.3. The molecule has 1 aliphatic heterocycles. The monoisotopic (exact) mass is 173 g/mol. The zero-order valence-electron chi connectivity index (χ0n) is 7.03. The van der Waals surface area contributed by atoms with Crippen LogP contribution in [0, 0.1) is 5.92 Å². The average Bonchev–Trinajstić information content (AvgIpc) is 2.51. The van der Waals surface area contributed by atoms with E-state index < -0.39 is 12.0 Å². The summed E-state index contributed by atoms with van der Waals surface area (Å²) < 4.78 is 5.16. The summed E-state index contributed by atoms with van der Waals surface area (Å²) in [7, 11) is 0. The van der Waals surface area contributed by atoms with E-state index >= 15 is 0 Å². The van der Waals surface area contributed by atoms with Crippen molar-refractivity contribution in [2.24, 2.45) is 11.7 Å². The number of nitrogens with two attached hydrogens (primary N) is 1. The maximum Gasteiger partial charge on any atom is 0.320 e. The van der Waals surface area contributed by atoms with Crippen molar-refractivity contribution in [3.8, 4) is 0 Å². The van der Waals surface area contributed by atoms with Gasteiger partial charge in [0.1, 0.15) is 6.04 Å². The minimum atomic E-state index is -0.908. The Morgan fingerprint density at radius 3 is 3.00 bits per heavy atom. The molecule has 1 saturated heterocycles. The molecule has 3 N–H and O–H groups in total. The number of carboxylic acids is 1. The number of hydrogen-bond acceptors (Lipinski definition) is 3. The molecule has 0 saturated carbocycles. The highest BCUT2D eigenvalue weighted by Gasteiger charge is 2.18. The fourth-order valence-corrected chi connectivity index (χ4v) is 1.35. The van der Waals surface area contributed by atoms with Crippen LogP contribution < -0.4 is 5.73 Å². The molecule has 4 nitrogen and oxygen atoms in total. The summed E-state index contributed by atoms with van der Waals surface area (Å²) in [5.74, 6) is -0.385. The first-order valence-electron chi connectivity index (χ1n) is 4.26. The summed E-state index contributed by atoms with van der Waals surface area (Å²) in [6.45, 7) is 1.58. The van der Waals surface area contributed by atoms with Gasteiger partial charge in [-0.05, 0) is 25.2 Å². The molecule has 0 bridgehead atoms. The molecule has 0 aromatic rings. The lowest BCUT2D eigenvalue weighted by Crippen LogP contribution is -2.30. The maximum absolute atomic E-state index is 10.3. The Kier molecular flexibility index (Phi) is 3.49. The van der Waals surface area contributed by atoms with Gasteiger partial charge in [0.2, 0.25) is 0 Å². The van der Waals surface area contributed by atoms with Crippen LogP contribution in [-0.2, 0) is 9.53 Å². The number of carbonyl (C=O) groups is 1. The molecule has 1 fully saturated rings. The van der Waals surface area contributed by atoms with E-state index in [-0.39, 0.29) is 0 Å². The number of rotatable bonds is 4. The van der Waals surface area contributed by atoms with Gasteiger partial charge in [0.25, 0.3) is 0 Å². The van der Waals surface area contributed by atoms with Gasteiger partial charge in [-0.25, -0.2) is 0 Å². The number of carboxylic acid groups (broad SMARTS) is 1. The Labute approximate surface area is 71.7 Å². The van der Waals surface area contributed by atoms with Crippen molar-refractivity contribution < 1.29 is 14.6 Å². The largest absolute Gasteiger partial charge is 0.480 e. The molecule has 2 unspecified atom stereocenters. The Morgan fingerprint density at radius 1 is 1.75 bits per heavy atom. The van der Waals surface area contributed by atoms with Crippen LogP contribution in [0.25, 0.3) is 0 Å². The van der Waals surface area contributed by atoms with Crippen LogP contribution in [0.3, 0.4) is 0 Å². The van der Waals surface area contributed by atoms with E-state index in [1.807, 2.05) is 0 Å². The van der Waals surface area contributed by atoms with Crippen molar-refractivity contribution in [3.05, 3.63) is 0 Å². The third-order valence-electron chi connectivity index (χ3n) is 2.23. The smallest absolute Gasteiger partial charge is 0.320 e. The molecule has 1 heterocycles. The molecule has 12 heavy (non-hydrogen) atoms. The first kappa shape index (κ1) is 9.48. The predicted octanol–water partition coefficient (Wildman–Crippen LogP) is 0.215. The summed E-state index contributed by atoms with van der Waals surface area (Å²) in [6.07, 6.45) is 2.48. The molecule has 0 amide bonds. The highest BCUT2D eigenvalue weighted by atomic mass is 16.5. The summed E-state index contributed by atoms with van der Waals surface area (Å²) >= 11 is 0. The molecular formula is C8H15NO3. The Morgan fingerprint density at radius 2 is 2.50 bits per heavy atom. The lowest BCUT2D eigenvalue weighted by Gasteiger charge is -2.09. The van der Waals surface area contributed by atoms with E-state index in [1.165, 1.54) is 0 Å². The van der Waals surface area contributed by atoms with Gasteiger partial charge < -0.3 is 15.6 Å².